The molecule has 0 bridgehead atoms. The van der Waals surface area contributed by atoms with Crippen LogP contribution in [-0.4, -0.2) is 9.38 Å². The van der Waals surface area contributed by atoms with E-state index in [1.807, 2.05) is 0 Å². The molecule has 0 aliphatic carbocycles. The van der Waals surface area contributed by atoms with Gasteiger partial charge in [-0.25, -0.2) is 4.98 Å². The quantitative estimate of drug-likeness (QED) is 0.667. The monoisotopic (exact) mass is 220 g/mol. The molecule has 2 aromatic rings. The second-order valence-electron chi connectivity index (χ2n) is 2.69. The van der Waals surface area contributed by atoms with Crippen LogP contribution in [-0.2, 0) is 6.18 Å². The van der Waals surface area contributed by atoms with Crippen LogP contribution in [0.25, 0.3) is 5.65 Å². The summed E-state index contributed by atoms with van der Waals surface area (Å²) < 4.78 is 38.2. The second-order valence-corrected chi connectivity index (χ2v) is 3.09. The Morgan fingerprint density at radius 1 is 1.29 bits per heavy atom. The summed E-state index contributed by atoms with van der Waals surface area (Å²) >= 11 is 5.67. The Bertz CT molecular complexity index is 475. The minimum absolute atomic E-state index is 0.112. The number of imidazole rings is 1. The number of rotatable bonds is 0. The van der Waals surface area contributed by atoms with Crippen LogP contribution in [0.3, 0.4) is 0 Å². The largest absolute Gasteiger partial charge is 0.431 e. The van der Waals surface area contributed by atoms with E-state index in [-0.39, 0.29) is 10.7 Å². The van der Waals surface area contributed by atoms with Gasteiger partial charge in [-0.2, -0.15) is 13.2 Å². The molecule has 0 aliphatic heterocycles. The summed E-state index contributed by atoms with van der Waals surface area (Å²) in [6, 6.07) is 2.11. The maximum Gasteiger partial charge on any atom is 0.431 e. The molecule has 0 amide bonds. The minimum Gasteiger partial charge on any atom is -0.294 e. The fourth-order valence-corrected chi connectivity index (χ4v) is 1.42. The number of aromatic nitrogens is 2. The van der Waals surface area contributed by atoms with E-state index in [0.29, 0.717) is 0 Å². The highest BCUT2D eigenvalue weighted by Crippen LogP contribution is 2.31. The van der Waals surface area contributed by atoms with E-state index in [1.165, 1.54) is 18.5 Å². The molecule has 0 N–H and O–H groups in total. The lowest BCUT2D eigenvalue weighted by Crippen LogP contribution is -2.10. The maximum atomic E-state index is 12.4. The van der Waals surface area contributed by atoms with Gasteiger partial charge in [-0.05, 0) is 12.1 Å². The van der Waals surface area contributed by atoms with Gasteiger partial charge in [0.05, 0.1) is 5.02 Å². The van der Waals surface area contributed by atoms with Crippen LogP contribution in [0.1, 0.15) is 5.69 Å². The molecule has 6 heteroatoms. The Labute approximate surface area is 81.9 Å². The van der Waals surface area contributed by atoms with E-state index < -0.39 is 11.9 Å². The van der Waals surface area contributed by atoms with Gasteiger partial charge in [0.15, 0.2) is 5.65 Å². The van der Waals surface area contributed by atoms with Crippen LogP contribution in [0.15, 0.2) is 24.5 Å². The van der Waals surface area contributed by atoms with E-state index in [2.05, 4.69) is 4.98 Å². The molecule has 2 heterocycles. The molecule has 0 fully saturated rings. The number of halogens is 4. The topological polar surface area (TPSA) is 17.3 Å². The van der Waals surface area contributed by atoms with Gasteiger partial charge in [0.2, 0.25) is 0 Å². The minimum atomic E-state index is -4.40. The zero-order valence-electron chi connectivity index (χ0n) is 6.72. The predicted molar refractivity (Wildman–Crippen MR) is 45.2 cm³/mol. The van der Waals surface area contributed by atoms with Crippen molar-refractivity contribution >= 4 is 17.2 Å². The summed E-state index contributed by atoms with van der Waals surface area (Å²) in [4.78, 5) is 3.72. The van der Waals surface area contributed by atoms with Gasteiger partial charge in [-0.1, -0.05) is 11.6 Å². The average molecular weight is 221 g/mol. The standard InChI is InChI=1S/C8H4ClF3N2/c9-5-1-2-6(8(10,11)12)14-4-3-13-7(5)14/h1-4H. The number of alkyl halides is 3. The fourth-order valence-electron chi connectivity index (χ4n) is 1.21. The van der Waals surface area contributed by atoms with Crippen molar-refractivity contribution in [2.45, 2.75) is 6.18 Å². The predicted octanol–water partition coefficient (Wildman–Crippen LogP) is 3.01. The summed E-state index contributed by atoms with van der Waals surface area (Å²) in [5.41, 5.74) is -0.670. The van der Waals surface area contributed by atoms with Gasteiger partial charge in [-0.3, -0.25) is 4.40 Å². The van der Waals surface area contributed by atoms with Crippen molar-refractivity contribution < 1.29 is 13.2 Å². The highest BCUT2D eigenvalue weighted by Gasteiger charge is 2.33. The number of nitrogens with zero attached hydrogens (tertiary/aromatic N) is 2. The molecule has 0 saturated heterocycles. The van der Waals surface area contributed by atoms with E-state index in [4.69, 9.17) is 11.6 Å². The van der Waals surface area contributed by atoms with Gasteiger partial charge >= 0.3 is 6.18 Å². The Balaban J connectivity index is 2.80. The van der Waals surface area contributed by atoms with Crippen LogP contribution < -0.4 is 0 Å². The van der Waals surface area contributed by atoms with E-state index in [1.54, 1.807) is 0 Å². The van der Waals surface area contributed by atoms with Crippen LogP contribution in [0.5, 0.6) is 0 Å². The zero-order chi connectivity index (χ0) is 10.3. The zero-order valence-corrected chi connectivity index (χ0v) is 7.47. The summed E-state index contributed by atoms with van der Waals surface area (Å²) in [6.45, 7) is 0. The summed E-state index contributed by atoms with van der Waals surface area (Å²) in [7, 11) is 0. The van der Waals surface area contributed by atoms with Crippen molar-refractivity contribution in [1.29, 1.82) is 0 Å². The first-order chi connectivity index (χ1) is 6.50. The van der Waals surface area contributed by atoms with Crippen molar-refractivity contribution in [3.05, 3.63) is 35.2 Å². The summed E-state index contributed by atoms with van der Waals surface area (Å²) in [6.07, 6.45) is -1.90. The highest BCUT2D eigenvalue weighted by molar-refractivity contribution is 6.33. The number of pyridine rings is 1. The molecule has 0 aromatic carbocycles. The average Bonchev–Trinajstić information content (AvgIpc) is 2.50. The number of hydrogen-bond donors (Lipinski definition) is 0. The van der Waals surface area contributed by atoms with Crippen LogP contribution in [0.4, 0.5) is 13.2 Å². The van der Waals surface area contributed by atoms with E-state index >= 15 is 0 Å². The fraction of sp³-hybridized carbons (Fsp3) is 0.125. The van der Waals surface area contributed by atoms with Gasteiger partial charge in [0.25, 0.3) is 0 Å². The molecule has 0 radical (unpaired) electrons. The third-order valence-electron chi connectivity index (χ3n) is 1.79. The lowest BCUT2D eigenvalue weighted by molar-refractivity contribution is -0.142. The van der Waals surface area contributed by atoms with Gasteiger partial charge < -0.3 is 0 Å². The molecule has 0 saturated carbocycles. The molecule has 0 aliphatic rings. The summed E-state index contributed by atoms with van der Waals surface area (Å²) in [5, 5.41) is 0.197. The molecule has 0 atom stereocenters. The first kappa shape index (κ1) is 9.33. The van der Waals surface area contributed by atoms with Crippen LogP contribution in [0.2, 0.25) is 5.02 Å². The molecule has 0 spiro atoms. The van der Waals surface area contributed by atoms with E-state index in [9.17, 15) is 13.2 Å². The molecule has 0 unspecified atom stereocenters. The molecule has 2 aromatic heterocycles. The lowest BCUT2D eigenvalue weighted by Gasteiger charge is -2.09. The molecular formula is C8H4ClF3N2. The smallest absolute Gasteiger partial charge is 0.294 e. The first-order valence-corrected chi connectivity index (χ1v) is 4.07. The van der Waals surface area contributed by atoms with Crippen molar-refractivity contribution in [1.82, 2.24) is 9.38 Å². The van der Waals surface area contributed by atoms with Crippen molar-refractivity contribution in [2.75, 3.05) is 0 Å². The second kappa shape index (κ2) is 2.88. The Morgan fingerprint density at radius 2 is 2.00 bits per heavy atom. The molecule has 14 heavy (non-hydrogen) atoms. The molecule has 2 rings (SSSR count). The lowest BCUT2D eigenvalue weighted by atomic mass is 10.3. The number of fused-ring (bicyclic) bond motifs is 1. The van der Waals surface area contributed by atoms with Gasteiger partial charge in [-0.15, -0.1) is 0 Å². The highest BCUT2D eigenvalue weighted by atomic mass is 35.5. The molecule has 74 valence electrons. The SMILES string of the molecule is FC(F)(F)c1ccc(Cl)c2nccn12. The third-order valence-corrected chi connectivity index (χ3v) is 2.09. The summed E-state index contributed by atoms with van der Waals surface area (Å²) in [5.74, 6) is 0. The maximum absolute atomic E-state index is 12.4. The molecular weight excluding hydrogens is 217 g/mol. The third kappa shape index (κ3) is 1.33. The molecule has 2 nitrogen and oxygen atoms in total. The normalized spacial score (nSPS) is 12.3. The Hall–Kier alpha value is -1.23. The number of hydrogen-bond acceptors (Lipinski definition) is 1. The van der Waals surface area contributed by atoms with Gasteiger partial charge in [0.1, 0.15) is 5.69 Å². The Morgan fingerprint density at radius 3 is 2.64 bits per heavy atom. The Kier molecular flexibility index (Phi) is 1.92. The van der Waals surface area contributed by atoms with Crippen molar-refractivity contribution in [3.8, 4) is 0 Å². The van der Waals surface area contributed by atoms with E-state index in [0.717, 1.165) is 10.5 Å². The van der Waals surface area contributed by atoms with Crippen LogP contribution >= 0.6 is 11.6 Å². The van der Waals surface area contributed by atoms with Gasteiger partial charge in [0, 0.05) is 12.4 Å². The first-order valence-electron chi connectivity index (χ1n) is 3.69. The van der Waals surface area contributed by atoms with Crippen molar-refractivity contribution in [2.24, 2.45) is 0 Å². The van der Waals surface area contributed by atoms with Crippen molar-refractivity contribution in [3.63, 3.8) is 0 Å². The van der Waals surface area contributed by atoms with Crippen LogP contribution in [0, 0.1) is 0 Å².